The topological polar surface area (TPSA) is 23.1 Å². The van der Waals surface area contributed by atoms with E-state index in [-0.39, 0.29) is 6.61 Å². The van der Waals surface area contributed by atoms with E-state index in [0.29, 0.717) is 0 Å². The molecule has 1 fully saturated rings. The molecule has 1 rings (SSSR count). The third-order valence-electron chi connectivity index (χ3n) is 1.86. The third-order valence-corrected chi connectivity index (χ3v) is 1.86. The van der Waals surface area contributed by atoms with Gasteiger partial charge in [0.05, 0.1) is 6.61 Å². The van der Waals surface area contributed by atoms with Crippen LogP contribution < -0.4 is 0 Å². The van der Waals surface area contributed by atoms with Crippen LogP contribution >= 0.6 is 0 Å². The second kappa shape index (κ2) is 3.85. The van der Waals surface area contributed by atoms with Crippen LogP contribution in [0, 0.1) is 0 Å². The summed E-state index contributed by atoms with van der Waals surface area (Å²) in [5, 5.41) is 10.2. The normalized spacial score (nSPS) is 22.3. The van der Waals surface area contributed by atoms with Crippen molar-refractivity contribution in [3.8, 4) is 0 Å². The minimum absolute atomic E-state index is 0.0694. The van der Waals surface area contributed by atoms with Crippen LogP contribution in [0.15, 0.2) is 0 Å². The SMILES string of the molecule is [O]CCN1CCCCC1. The summed E-state index contributed by atoms with van der Waals surface area (Å²) in [4.78, 5) is 2.26. The van der Waals surface area contributed by atoms with Crippen molar-refractivity contribution in [3.05, 3.63) is 0 Å². The molecule has 1 heterocycles. The molecular formula is C7H14NO. The molecule has 1 saturated heterocycles. The molecule has 0 atom stereocenters. The van der Waals surface area contributed by atoms with E-state index in [2.05, 4.69) is 4.90 Å². The zero-order valence-electron chi connectivity index (χ0n) is 5.81. The van der Waals surface area contributed by atoms with E-state index >= 15 is 0 Å². The van der Waals surface area contributed by atoms with Crippen molar-refractivity contribution in [2.45, 2.75) is 19.3 Å². The number of nitrogens with zero attached hydrogens (tertiary/aromatic N) is 1. The van der Waals surface area contributed by atoms with Crippen LogP contribution in [0.1, 0.15) is 19.3 Å². The highest BCUT2D eigenvalue weighted by atomic mass is 16.3. The first-order chi connectivity index (χ1) is 4.43. The van der Waals surface area contributed by atoms with Gasteiger partial charge in [-0.3, -0.25) is 0 Å². The van der Waals surface area contributed by atoms with Crippen LogP contribution in [0.3, 0.4) is 0 Å². The first kappa shape index (κ1) is 7.03. The Balaban J connectivity index is 2.08. The first-order valence-electron chi connectivity index (χ1n) is 3.74. The predicted octanol–water partition coefficient (Wildman–Crippen LogP) is 0.903. The molecule has 1 radical (unpaired) electrons. The van der Waals surface area contributed by atoms with Gasteiger partial charge in [0, 0.05) is 6.54 Å². The van der Waals surface area contributed by atoms with E-state index in [1.165, 1.54) is 19.3 Å². The summed E-state index contributed by atoms with van der Waals surface area (Å²) < 4.78 is 0. The van der Waals surface area contributed by atoms with Gasteiger partial charge in [0.25, 0.3) is 0 Å². The Kier molecular flexibility index (Phi) is 3.01. The Labute approximate surface area is 56.5 Å². The lowest BCUT2D eigenvalue weighted by Crippen LogP contribution is -2.31. The fraction of sp³-hybridized carbons (Fsp3) is 1.00. The summed E-state index contributed by atoms with van der Waals surface area (Å²) in [5.41, 5.74) is 0. The van der Waals surface area contributed by atoms with Crippen LogP contribution in [0.5, 0.6) is 0 Å². The Hall–Kier alpha value is -0.0800. The average molecular weight is 128 g/mol. The molecule has 0 N–H and O–H groups in total. The van der Waals surface area contributed by atoms with E-state index in [4.69, 9.17) is 0 Å². The molecule has 2 heteroatoms. The van der Waals surface area contributed by atoms with Crippen molar-refractivity contribution in [1.82, 2.24) is 4.90 Å². The first-order valence-corrected chi connectivity index (χ1v) is 3.74. The van der Waals surface area contributed by atoms with E-state index in [1.807, 2.05) is 0 Å². The van der Waals surface area contributed by atoms with Gasteiger partial charge < -0.3 is 4.90 Å². The van der Waals surface area contributed by atoms with Crippen molar-refractivity contribution < 1.29 is 5.11 Å². The summed E-state index contributed by atoms with van der Waals surface area (Å²) in [6, 6.07) is 0. The highest BCUT2D eigenvalue weighted by molar-refractivity contribution is 4.62. The van der Waals surface area contributed by atoms with Crippen LogP contribution in [0.4, 0.5) is 0 Å². The van der Waals surface area contributed by atoms with Gasteiger partial charge in [-0.25, -0.2) is 5.11 Å². The average Bonchev–Trinajstić information content (AvgIpc) is 1.91. The summed E-state index contributed by atoms with van der Waals surface area (Å²) in [5.74, 6) is 0. The maximum absolute atomic E-state index is 10.2. The van der Waals surface area contributed by atoms with Crippen LogP contribution in [-0.4, -0.2) is 31.1 Å². The van der Waals surface area contributed by atoms with Gasteiger partial charge in [0.1, 0.15) is 0 Å². The molecule has 0 aliphatic carbocycles. The minimum atomic E-state index is 0.0694. The standard InChI is InChI=1S/C7H14NO/c9-7-6-8-4-2-1-3-5-8/h1-7H2. The molecule has 9 heavy (non-hydrogen) atoms. The molecule has 0 aromatic rings. The van der Waals surface area contributed by atoms with E-state index in [9.17, 15) is 5.11 Å². The second-order valence-corrected chi connectivity index (χ2v) is 2.61. The van der Waals surface area contributed by atoms with Gasteiger partial charge in [0.15, 0.2) is 0 Å². The predicted molar refractivity (Wildman–Crippen MR) is 35.8 cm³/mol. The zero-order valence-corrected chi connectivity index (χ0v) is 5.81. The summed E-state index contributed by atoms with van der Waals surface area (Å²) in [7, 11) is 0. The number of hydrogen-bond acceptors (Lipinski definition) is 1. The molecule has 0 unspecified atom stereocenters. The molecule has 0 aromatic heterocycles. The fourth-order valence-corrected chi connectivity index (χ4v) is 1.31. The Bertz CT molecular complexity index is 66.6. The molecule has 2 nitrogen and oxygen atoms in total. The second-order valence-electron chi connectivity index (χ2n) is 2.61. The molecule has 1 aliphatic rings. The van der Waals surface area contributed by atoms with Crippen molar-refractivity contribution in [1.29, 1.82) is 0 Å². The summed E-state index contributed by atoms with van der Waals surface area (Å²) in [6.07, 6.45) is 3.94. The molecule has 0 saturated carbocycles. The molecular weight excluding hydrogens is 114 g/mol. The maximum Gasteiger partial charge on any atom is 0.0949 e. The van der Waals surface area contributed by atoms with Crippen LogP contribution in [0.25, 0.3) is 0 Å². The monoisotopic (exact) mass is 128 g/mol. The van der Waals surface area contributed by atoms with Gasteiger partial charge in [-0.2, -0.15) is 0 Å². The zero-order chi connectivity index (χ0) is 6.53. The Morgan fingerprint density at radius 2 is 1.78 bits per heavy atom. The molecule has 0 aromatic carbocycles. The summed E-state index contributed by atoms with van der Waals surface area (Å²) >= 11 is 0. The number of hydrogen-bond donors (Lipinski definition) is 0. The largest absolute Gasteiger partial charge is 0.301 e. The lowest BCUT2D eigenvalue weighted by Gasteiger charge is -2.24. The lowest BCUT2D eigenvalue weighted by atomic mass is 10.1. The minimum Gasteiger partial charge on any atom is -0.301 e. The quantitative estimate of drug-likeness (QED) is 0.542. The highest BCUT2D eigenvalue weighted by Gasteiger charge is 2.07. The third kappa shape index (κ3) is 2.33. The van der Waals surface area contributed by atoms with Crippen molar-refractivity contribution in [3.63, 3.8) is 0 Å². The lowest BCUT2D eigenvalue weighted by molar-refractivity contribution is 0.128. The number of likely N-dealkylation sites (tertiary alicyclic amines) is 1. The maximum atomic E-state index is 10.2. The van der Waals surface area contributed by atoms with Crippen LogP contribution in [-0.2, 0) is 5.11 Å². The number of rotatable bonds is 2. The number of piperidine rings is 1. The molecule has 0 spiro atoms. The van der Waals surface area contributed by atoms with Gasteiger partial charge >= 0.3 is 0 Å². The fourth-order valence-electron chi connectivity index (χ4n) is 1.31. The van der Waals surface area contributed by atoms with E-state index in [0.717, 1.165) is 19.6 Å². The smallest absolute Gasteiger partial charge is 0.0949 e. The van der Waals surface area contributed by atoms with Crippen LogP contribution in [0.2, 0.25) is 0 Å². The van der Waals surface area contributed by atoms with E-state index in [1.54, 1.807) is 0 Å². The van der Waals surface area contributed by atoms with Crippen molar-refractivity contribution in [2.24, 2.45) is 0 Å². The molecule has 0 bridgehead atoms. The Morgan fingerprint density at radius 3 is 2.33 bits per heavy atom. The van der Waals surface area contributed by atoms with Gasteiger partial charge in [-0.15, -0.1) is 0 Å². The van der Waals surface area contributed by atoms with Gasteiger partial charge in [-0.1, -0.05) is 6.42 Å². The highest BCUT2D eigenvalue weighted by Crippen LogP contribution is 2.06. The molecule has 0 amide bonds. The molecule has 53 valence electrons. The summed E-state index contributed by atoms with van der Waals surface area (Å²) in [6.45, 7) is 3.14. The Morgan fingerprint density at radius 1 is 1.11 bits per heavy atom. The van der Waals surface area contributed by atoms with Gasteiger partial charge in [-0.05, 0) is 25.9 Å². The van der Waals surface area contributed by atoms with Crippen molar-refractivity contribution in [2.75, 3.05) is 26.2 Å². The van der Waals surface area contributed by atoms with Crippen molar-refractivity contribution >= 4 is 0 Å². The molecule has 1 aliphatic heterocycles. The van der Waals surface area contributed by atoms with E-state index < -0.39 is 0 Å². The van der Waals surface area contributed by atoms with Gasteiger partial charge in [0.2, 0.25) is 0 Å².